The molecule has 4 rings (SSSR count). The van der Waals surface area contributed by atoms with E-state index in [9.17, 15) is 4.79 Å². The van der Waals surface area contributed by atoms with E-state index in [2.05, 4.69) is 21.4 Å². The molecule has 0 fully saturated rings. The molecule has 0 unspecified atom stereocenters. The van der Waals surface area contributed by atoms with Crippen molar-refractivity contribution in [1.29, 1.82) is 5.26 Å². The Morgan fingerprint density at radius 1 is 1.15 bits per heavy atom. The Labute approximate surface area is 195 Å². The van der Waals surface area contributed by atoms with E-state index in [1.54, 1.807) is 36.5 Å². The molecular formula is C25H21ClN4O3. The van der Waals surface area contributed by atoms with Crippen LogP contribution in [0.15, 0.2) is 65.6 Å². The Balaban J connectivity index is 1.46. The zero-order valence-corrected chi connectivity index (χ0v) is 18.6. The van der Waals surface area contributed by atoms with Crippen LogP contribution in [-0.4, -0.2) is 23.6 Å². The van der Waals surface area contributed by atoms with Gasteiger partial charge in [-0.25, -0.2) is 0 Å². The van der Waals surface area contributed by atoms with E-state index in [1.165, 1.54) is 7.11 Å². The third-order valence-corrected chi connectivity index (χ3v) is 5.42. The van der Waals surface area contributed by atoms with Crippen molar-refractivity contribution in [2.24, 2.45) is 0 Å². The number of nitriles is 1. The van der Waals surface area contributed by atoms with E-state index in [0.29, 0.717) is 46.1 Å². The third kappa shape index (κ3) is 5.25. The maximum atomic E-state index is 12.6. The first-order valence-corrected chi connectivity index (χ1v) is 10.7. The summed E-state index contributed by atoms with van der Waals surface area (Å²) in [4.78, 5) is 19.8. The van der Waals surface area contributed by atoms with E-state index in [4.69, 9.17) is 26.3 Å². The summed E-state index contributed by atoms with van der Waals surface area (Å²) in [5.41, 5.74) is 3.17. The Bertz CT molecular complexity index is 1380. The zero-order chi connectivity index (χ0) is 23.2. The molecule has 33 heavy (non-hydrogen) atoms. The molecule has 0 saturated heterocycles. The third-order valence-electron chi connectivity index (χ3n) is 5.12. The highest BCUT2D eigenvalue weighted by Gasteiger charge is 2.10. The maximum absolute atomic E-state index is 12.6. The number of benzene rings is 2. The Hall–Kier alpha value is -4.02. The number of hydrogen-bond acceptors (Lipinski definition) is 6. The second kappa shape index (κ2) is 10.1. The molecule has 0 spiro atoms. The van der Waals surface area contributed by atoms with Crippen LogP contribution < -0.4 is 20.3 Å². The normalized spacial score (nSPS) is 10.6. The molecule has 166 valence electrons. The fourth-order valence-corrected chi connectivity index (χ4v) is 3.65. The summed E-state index contributed by atoms with van der Waals surface area (Å²) in [6, 6.07) is 18.3. The van der Waals surface area contributed by atoms with Crippen LogP contribution in [0.3, 0.4) is 0 Å². The molecule has 0 aliphatic carbocycles. The van der Waals surface area contributed by atoms with Gasteiger partial charge in [-0.3, -0.25) is 9.78 Å². The zero-order valence-electron chi connectivity index (χ0n) is 17.9. The largest absolute Gasteiger partial charge is 0.495 e. The van der Waals surface area contributed by atoms with Gasteiger partial charge in [0.1, 0.15) is 24.2 Å². The highest BCUT2D eigenvalue weighted by atomic mass is 35.5. The molecule has 7 nitrogen and oxygen atoms in total. The van der Waals surface area contributed by atoms with Gasteiger partial charge in [0.05, 0.1) is 28.9 Å². The Morgan fingerprint density at radius 3 is 2.79 bits per heavy atom. The van der Waals surface area contributed by atoms with Gasteiger partial charge < -0.3 is 19.8 Å². The van der Waals surface area contributed by atoms with E-state index in [-0.39, 0.29) is 12.2 Å². The van der Waals surface area contributed by atoms with Crippen LogP contribution in [0.1, 0.15) is 16.8 Å². The van der Waals surface area contributed by atoms with Crippen molar-refractivity contribution in [3.05, 3.63) is 93.0 Å². The molecule has 0 bridgehead atoms. The fourth-order valence-electron chi connectivity index (χ4n) is 3.42. The molecule has 2 aromatic carbocycles. The lowest BCUT2D eigenvalue weighted by Crippen LogP contribution is -2.16. The second-order valence-electron chi connectivity index (χ2n) is 7.31. The standard InChI is InChI=1S/C25H21ClN4O3/c1-32-23-12-19(6-5-17(23)14-27)29-9-7-16-10-18-11-21(26)24(13-22(18)30-25(16)31)33-15-20-4-2-3-8-28-20/h2-6,8,10-13,29H,7,9,15H2,1H3,(H,30,31). The van der Waals surface area contributed by atoms with Gasteiger partial charge in [0, 0.05) is 41.5 Å². The Kier molecular flexibility index (Phi) is 6.77. The van der Waals surface area contributed by atoms with Crippen molar-refractivity contribution in [2.45, 2.75) is 13.0 Å². The number of hydrogen-bond donors (Lipinski definition) is 2. The number of rotatable bonds is 8. The second-order valence-corrected chi connectivity index (χ2v) is 7.71. The molecule has 0 aliphatic heterocycles. The van der Waals surface area contributed by atoms with Crippen LogP contribution in [0.2, 0.25) is 5.02 Å². The minimum absolute atomic E-state index is 0.167. The number of aromatic nitrogens is 2. The summed E-state index contributed by atoms with van der Waals surface area (Å²) in [6.07, 6.45) is 2.20. The van der Waals surface area contributed by atoms with Crippen LogP contribution in [0, 0.1) is 11.3 Å². The molecule has 4 aromatic rings. The van der Waals surface area contributed by atoms with Crippen molar-refractivity contribution < 1.29 is 9.47 Å². The number of nitrogens with zero attached hydrogens (tertiary/aromatic N) is 2. The van der Waals surface area contributed by atoms with Crippen LogP contribution in [0.4, 0.5) is 5.69 Å². The van der Waals surface area contributed by atoms with Crippen molar-refractivity contribution in [3.8, 4) is 17.6 Å². The number of nitrogens with one attached hydrogen (secondary N) is 2. The predicted octanol–water partition coefficient (Wildman–Crippen LogP) is 4.69. The molecule has 0 saturated carbocycles. The average molecular weight is 461 g/mol. The number of anilines is 1. The molecule has 2 aromatic heterocycles. The minimum atomic E-state index is -0.167. The lowest BCUT2D eigenvalue weighted by atomic mass is 10.1. The van der Waals surface area contributed by atoms with Crippen LogP contribution in [0.25, 0.3) is 10.9 Å². The monoisotopic (exact) mass is 460 g/mol. The first-order chi connectivity index (χ1) is 16.1. The number of fused-ring (bicyclic) bond motifs is 1. The molecule has 0 radical (unpaired) electrons. The van der Waals surface area contributed by atoms with Gasteiger partial charge in [-0.15, -0.1) is 0 Å². The number of methoxy groups -OCH3 is 1. The summed E-state index contributed by atoms with van der Waals surface area (Å²) in [7, 11) is 1.52. The van der Waals surface area contributed by atoms with Gasteiger partial charge in [-0.1, -0.05) is 17.7 Å². The number of pyridine rings is 2. The van der Waals surface area contributed by atoms with Gasteiger partial charge in [0.15, 0.2) is 0 Å². The number of aromatic amines is 1. The molecule has 0 amide bonds. The number of halogens is 1. The van der Waals surface area contributed by atoms with Crippen molar-refractivity contribution in [1.82, 2.24) is 9.97 Å². The van der Waals surface area contributed by atoms with Crippen molar-refractivity contribution >= 4 is 28.2 Å². The topological polar surface area (TPSA) is 100 Å². The van der Waals surface area contributed by atoms with Gasteiger partial charge in [-0.2, -0.15) is 5.26 Å². The van der Waals surface area contributed by atoms with Crippen LogP contribution in [-0.2, 0) is 13.0 Å². The molecule has 8 heteroatoms. The number of ether oxygens (including phenoxy) is 2. The van der Waals surface area contributed by atoms with Gasteiger partial charge in [0.25, 0.3) is 5.56 Å². The lowest BCUT2D eigenvalue weighted by Gasteiger charge is -2.11. The molecule has 0 atom stereocenters. The van der Waals surface area contributed by atoms with E-state index in [0.717, 1.165) is 16.8 Å². The molecule has 2 heterocycles. The average Bonchev–Trinajstić information content (AvgIpc) is 2.84. The maximum Gasteiger partial charge on any atom is 0.251 e. The van der Waals surface area contributed by atoms with Crippen molar-refractivity contribution in [3.63, 3.8) is 0 Å². The summed E-state index contributed by atoms with van der Waals surface area (Å²) in [5.74, 6) is 0.983. The SMILES string of the molecule is COc1cc(NCCc2cc3cc(Cl)c(OCc4ccccn4)cc3[nH]c2=O)ccc1C#N. The predicted molar refractivity (Wildman–Crippen MR) is 128 cm³/mol. The summed E-state index contributed by atoms with van der Waals surface area (Å²) in [6.45, 7) is 0.808. The van der Waals surface area contributed by atoms with Gasteiger partial charge in [-0.05, 0) is 42.8 Å². The van der Waals surface area contributed by atoms with Crippen LogP contribution >= 0.6 is 11.6 Å². The highest BCUT2D eigenvalue weighted by Crippen LogP contribution is 2.30. The number of H-pyrrole nitrogens is 1. The van der Waals surface area contributed by atoms with Crippen LogP contribution in [0.5, 0.6) is 11.5 Å². The first kappa shape index (κ1) is 22.2. The summed E-state index contributed by atoms with van der Waals surface area (Å²) >= 11 is 6.41. The van der Waals surface area contributed by atoms with Crippen molar-refractivity contribution in [2.75, 3.05) is 19.0 Å². The minimum Gasteiger partial charge on any atom is -0.495 e. The summed E-state index contributed by atoms with van der Waals surface area (Å²) in [5, 5.41) is 13.6. The fraction of sp³-hybridized carbons (Fsp3) is 0.160. The highest BCUT2D eigenvalue weighted by molar-refractivity contribution is 6.32. The molecular weight excluding hydrogens is 440 g/mol. The lowest BCUT2D eigenvalue weighted by molar-refractivity contribution is 0.302. The first-order valence-electron chi connectivity index (χ1n) is 10.3. The summed E-state index contributed by atoms with van der Waals surface area (Å²) < 4.78 is 11.0. The molecule has 2 N–H and O–H groups in total. The van der Waals surface area contributed by atoms with E-state index < -0.39 is 0 Å². The van der Waals surface area contributed by atoms with E-state index >= 15 is 0 Å². The van der Waals surface area contributed by atoms with Gasteiger partial charge in [0.2, 0.25) is 0 Å². The van der Waals surface area contributed by atoms with Gasteiger partial charge >= 0.3 is 0 Å². The van der Waals surface area contributed by atoms with E-state index in [1.807, 2.05) is 24.3 Å². The smallest absolute Gasteiger partial charge is 0.251 e. The Morgan fingerprint density at radius 2 is 2.03 bits per heavy atom. The quantitative estimate of drug-likeness (QED) is 0.395. The molecule has 0 aliphatic rings.